The van der Waals surface area contributed by atoms with Crippen LogP contribution in [0.25, 0.3) is 11.4 Å². The molecule has 1 unspecified atom stereocenters. The minimum absolute atomic E-state index is 0.0609. The van der Waals surface area contributed by atoms with Gasteiger partial charge in [-0.1, -0.05) is 0 Å². The van der Waals surface area contributed by atoms with Crippen LogP contribution in [0.3, 0.4) is 0 Å². The molecular formula is C29H37N9O3. The Morgan fingerprint density at radius 1 is 0.927 bits per heavy atom. The zero-order chi connectivity index (χ0) is 28.8. The predicted octanol–water partition coefficient (Wildman–Crippen LogP) is 2.69. The van der Waals surface area contributed by atoms with Crippen molar-refractivity contribution in [2.24, 2.45) is 0 Å². The summed E-state index contributed by atoms with van der Waals surface area (Å²) in [5.74, 6) is 1.95. The summed E-state index contributed by atoms with van der Waals surface area (Å²) in [4.78, 5) is 45.3. The molecule has 216 valence electrons. The van der Waals surface area contributed by atoms with Crippen LogP contribution < -0.4 is 20.9 Å². The van der Waals surface area contributed by atoms with E-state index in [-0.39, 0.29) is 18.0 Å². The van der Waals surface area contributed by atoms with E-state index in [9.17, 15) is 9.59 Å². The molecule has 2 aromatic carbocycles. The first-order chi connectivity index (χ1) is 19.9. The lowest BCUT2D eigenvalue weighted by molar-refractivity contribution is 0.0786. The largest absolute Gasteiger partial charge is 0.378 e. The molecule has 0 saturated carbocycles. The van der Waals surface area contributed by atoms with E-state index in [0.717, 1.165) is 44.0 Å². The van der Waals surface area contributed by atoms with Crippen molar-refractivity contribution in [1.29, 1.82) is 0 Å². The fraction of sp³-hybridized carbons (Fsp3) is 0.414. The lowest BCUT2D eigenvalue weighted by Crippen LogP contribution is -2.39. The minimum Gasteiger partial charge on any atom is -0.378 e. The standard InChI is InChI=1S/C29H37N9O3/c1-36(2)14-15-37(3)27(39)21-6-10-23(11-7-21)32-29(40)31-22-8-4-20(5-9-22)25-33-26(24-12-13-30-24)35-28(34-25)38-16-18-41-19-17-38/h4-11,24,30H,12-19H2,1-3H3,(H2,31,32,40). The normalized spacial score (nSPS) is 16.7. The summed E-state index contributed by atoms with van der Waals surface area (Å²) in [5.41, 5.74) is 2.62. The van der Waals surface area contributed by atoms with Gasteiger partial charge in [-0.3, -0.25) is 4.79 Å². The second kappa shape index (κ2) is 13.0. The zero-order valence-electron chi connectivity index (χ0n) is 23.8. The number of carbonyl (C=O) groups excluding carboxylic acids is 2. The van der Waals surface area contributed by atoms with E-state index in [1.165, 1.54) is 0 Å². The van der Waals surface area contributed by atoms with Gasteiger partial charge in [0.15, 0.2) is 11.6 Å². The number of likely N-dealkylation sites (N-methyl/N-ethyl adjacent to an activating group) is 2. The van der Waals surface area contributed by atoms with Crippen LogP contribution in [0.15, 0.2) is 48.5 Å². The third-order valence-corrected chi connectivity index (χ3v) is 7.09. The summed E-state index contributed by atoms with van der Waals surface area (Å²) in [6, 6.07) is 14.0. The lowest BCUT2D eigenvalue weighted by Gasteiger charge is -2.30. The molecule has 1 atom stereocenters. The van der Waals surface area contributed by atoms with Gasteiger partial charge in [0.05, 0.1) is 19.3 Å². The molecule has 2 aliphatic heterocycles. The van der Waals surface area contributed by atoms with Gasteiger partial charge in [-0.05, 0) is 75.6 Å². The van der Waals surface area contributed by atoms with Gasteiger partial charge in [-0.15, -0.1) is 0 Å². The van der Waals surface area contributed by atoms with E-state index >= 15 is 0 Å². The van der Waals surface area contributed by atoms with Crippen molar-refractivity contribution >= 4 is 29.3 Å². The predicted molar refractivity (Wildman–Crippen MR) is 158 cm³/mol. The van der Waals surface area contributed by atoms with Crippen LogP contribution in [0.1, 0.15) is 28.6 Å². The molecule has 12 nitrogen and oxygen atoms in total. The van der Waals surface area contributed by atoms with E-state index in [4.69, 9.17) is 19.7 Å². The molecule has 5 rings (SSSR count). The summed E-state index contributed by atoms with van der Waals surface area (Å²) >= 11 is 0. The molecule has 0 aliphatic carbocycles. The highest BCUT2D eigenvalue weighted by atomic mass is 16.5. The molecule has 0 bridgehead atoms. The molecular weight excluding hydrogens is 522 g/mol. The highest BCUT2D eigenvalue weighted by Gasteiger charge is 2.25. The zero-order valence-corrected chi connectivity index (χ0v) is 23.8. The van der Waals surface area contributed by atoms with Crippen LogP contribution in [-0.4, -0.2) is 104 Å². The summed E-state index contributed by atoms with van der Waals surface area (Å²) < 4.78 is 5.48. The number of nitrogens with one attached hydrogen (secondary N) is 3. The highest BCUT2D eigenvalue weighted by molar-refractivity contribution is 6.00. The van der Waals surface area contributed by atoms with E-state index in [2.05, 4.69) is 20.9 Å². The first kappa shape index (κ1) is 28.4. The van der Waals surface area contributed by atoms with Gasteiger partial charge in [0.2, 0.25) is 5.95 Å². The topological polar surface area (TPSA) is 128 Å². The Hall–Kier alpha value is -4.13. The lowest BCUT2D eigenvalue weighted by atomic mass is 10.1. The van der Waals surface area contributed by atoms with E-state index < -0.39 is 0 Å². The third kappa shape index (κ3) is 7.34. The Labute approximate surface area is 240 Å². The molecule has 2 aliphatic rings. The molecule has 41 heavy (non-hydrogen) atoms. The number of morpholine rings is 1. The average molecular weight is 560 g/mol. The van der Waals surface area contributed by atoms with E-state index in [0.29, 0.717) is 48.5 Å². The Balaban J connectivity index is 1.21. The molecule has 2 saturated heterocycles. The summed E-state index contributed by atoms with van der Waals surface area (Å²) in [6.45, 7) is 5.16. The Morgan fingerprint density at radius 2 is 1.56 bits per heavy atom. The van der Waals surface area contributed by atoms with Crippen molar-refractivity contribution in [2.45, 2.75) is 12.5 Å². The first-order valence-corrected chi connectivity index (χ1v) is 13.9. The van der Waals surface area contributed by atoms with Gasteiger partial charge in [0.1, 0.15) is 0 Å². The first-order valence-electron chi connectivity index (χ1n) is 13.9. The molecule has 3 heterocycles. The van der Waals surface area contributed by atoms with Crippen LogP contribution in [0.4, 0.5) is 22.1 Å². The van der Waals surface area contributed by atoms with Crippen LogP contribution in [0, 0.1) is 0 Å². The maximum absolute atomic E-state index is 12.6. The van der Waals surface area contributed by atoms with E-state index in [1.807, 2.05) is 43.3 Å². The maximum Gasteiger partial charge on any atom is 0.323 e. The van der Waals surface area contributed by atoms with Gasteiger partial charge in [-0.25, -0.2) is 9.78 Å². The number of aromatic nitrogens is 3. The van der Waals surface area contributed by atoms with Crippen LogP contribution >= 0.6 is 0 Å². The van der Waals surface area contributed by atoms with Crippen molar-refractivity contribution in [3.8, 4) is 11.4 Å². The van der Waals surface area contributed by atoms with Crippen LogP contribution in [0.5, 0.6) is 0 Å². The van der Waals surface area contributed by atoms with Gasteiger partial charge in [-0.2, -0.15) is 9.97 Å². The molecule has 2 fully saturated rings. The number of ether oxygens (including phenoxy) is 1. The number of urea groups is 1. The van der Waals surface area contributed by atoms with Crippen molar-refractivity contribution in [3.05, 3.63) is 59.9 Å². The second-order valence-corrected chi connectivity index (χ2v) is 10.5. The van der Waals surface area contributed by atoms with Gasteiger partial charge in [0, 0.05) is 55.7 Å². The fourth-order valence-electron chi connectivity index (χ4n) is 4.44. The smallest absolute Gasteiger partial charge is 0.323 e. The Bertz CT molecular complexity index is 1340. The Morgan fingerprint density at radius 3 is 2.15 bits per heavy atom. The van der Waals surface area contributed by atoms with Crippen molar-refractivity contribution in [2.75, 3.05) is 82.6 Å². The summed E-state index contributed by atoms with van der Waals surface area (Å²) in [5, 5.41) is 9.03. The van der Waals surface area contributed by atoms with Crippen molar-refractivity contribution < 1.29 is 14.3 Å². The number of amides is 3. The molecule has 12 heteroatoms. The molecule has 0 radical (unpaired) electrons. The molecule has 0 spiro atoms. The van der Waals surface area contributed by atoms with Gasteiger partial charge < -0.3 is 35.4 Å². The molecule has 3 aromatic rings. The number of rotatable bonds is 9. The number of hydrogen-bond acceptors (Lipinski definition) is 9. The SMILES string of the molecule is CN(C)CCN(C)C(=O)c1ccc(NC(=O)Nc2ccc(-c3nc(C4CCN4)nc(N4CCOCC4)n3)cc2)cc1. The Kier molecular flexibility index (Phi) is 9.02. The van der Waals surface area contributed by atoms with Gasteiger partial charge in [0.25, 0.3) is 5.91 Å². The van der Waals surface area contributed by atoms with Crippen molar-refractivity contribution in [3.63, 3.8) is 0 Å². The highest BCUT2D eigenvalue weighted by Crippen LogP contribution is 2.26. The summed E-state index contributed by atoms with van der Waals surface area (Å²) in [6.07, 6.45) is 0.997. The average Bonchev–Trinajstić information content (AvgIpc) is 2.95. The third-order valence-electron chi connectivity index (χ3n) is 7.09. The van der Waals surface area contributed by atoms with Crippen LogP contribution in [-0.2, 0) is 4.74 Å². The molecule has 3 N–H and O–H groups in total. The molecule has 1 aromatic heterocycles. The van der Waals surface area contributed by atoms with Gasteiger partial charge >= 0.3 is 6.03 Å². The number of nitrogens with zero attached hydrogens (tertiary/aromatic N) is 6. The maximum atomic E-state index is 12.6. The number of hydrogen-bond donors (Lipinski definition) is 3. The fourth-order valence-corrected chi connectivity index (χ4v) is 4.44. The minimum atomic E-state index is -0.381. The van der Waals surface area contributed by atoms with Crippen LogP contribution in [0.2, 0.25) is 0 Å². The second-order valence-electron chi connectivity index (χ2n) is 10.5. The number of anilines is 3. The van der Waals surface area contributed by atoms with E-state index in [1.54, 1.807) is 36.2 Å². The number of carbonyl (C=O) groups is 2. The number of benzene rings is 2. The van der Waals surface area contributed by atoms with Crippen molar-refractivity contribution in [1.82, 2.24) is 30.1 Å². The molecule has 3 amide bonds. The quantitative estimate of drug-likeness (QED) is 0.363. The monoisotopic (exact) mass is 559 g/mol. The summed E-state index contributed by atoms with van der Waals surface area (Å²) in [7, 11) is 5.73.